The Balaban J connectivity index is 2.34. The van der Waals surface area contributed by atoms with E-state index in [1.54, 1.807) is 0 Å². The molecule has 0 amide bonds. The summed E-state index contributed by atoms with van der Waals surface area (Å²) >= 11 is 1.47. The molecule has 74 valence electrons. The van der Waals surface area contributed by atoms with Gasteiger partial charge in [0.05, 0.1) is 12.2 Å². The number of hydrogen-bond acceptors (Lipinski definition) is 3. The van der Waals surface area contributed by atoms with E-state index in [2.05, 4.69) is 0 Å². The molecule has 0 aliphatic rings. The van der Waals surface area contributed by atoms with E-state index in [1.165, 1.54) is 18.7 Å². The molecule has 1 aromatic rings. The van der Waals surface area contributed by atoms with Gasteiger partial charge < -0.3 is 0 Å². The minimum absolute atomic E-state index is 0.00801. The summed E-state index contributed by atoms with van der Waals surface area (Å²) in [4.78, 5) is 22.9. The minimum Gasteiger partial charge on any atom is -0.300 e. The molecule has 1 aromatic carbocycles. The highest BCUT2D eigenvalue weighted by molar-refractivity contribution is 8.00. The molecule has 0 fully saturated rings. The van der Waals surface area contributed by atoms with Crippen molar-refractivity contribution in [2.24, 2.45) is 0 Å². The van der Waals surface area contributed by atoms with Crippen molar-refractivity contribution >= 4 is 23.3 Å². The third-order valence-corrected chi connectivity index (χ3v) is 2.66. The zero-order chi connectivity index (χ0) is 10.4. The molecule has 0 aliphatic heterocycles. The lowest BCUT2D eigenvalue weighted by molar-refractivity contribution is -0.124. The summed E-state index contributed by atoms with van der Waals surface area (Å²) in [6, 6.07) is 9.69. The number of rotatable bonds is 5. The molecule has 0 aromatic heterocycles. The smallest absolute Gasteiger partial charge is 0.150 e. The van der Waals surface area contributed by atoms with Gasteiger partial charge in [-0.25, -0.2) is 0 Å². The lowest BCUT2D eigenvalue weighted by Gasteiger charge is -1.98. The Hall–Kier alpha value is -1.09. The monoisotopic (exact) mass is 208 g/mol. The van der Waals surface area contributed by atoms with Crippen LogP contribution in [-0.4, -0.2) is 17.3 Å². The third-order valence-electron chi connectivity index (χ3n) is 1.59. The predicted molar refractivity (Wildman–Crippen MR) is 57.5 cm³/mol. The summed E-state index contributed by atoms with van der Waals surface area (Å²) in [5, 5.41) is 0. The molecule has 0 bridgehead atoms. The second kappa shape index (κ2) is 5.60. The molecule has 2 nitrogen and oxygen atoms in total. The molecule has 0 saturated carbocycles. The average molecular weight is 208 g/mol. The van der Waals surface area contributed by atoms with Crippen molar-refractivity contribution in [3.63, 3.8) is 0 Å². The zero-order valence-corrected chi connectivity index (χ0v) is 8.84. The van der Waals surface area contributed by atoms with Crippen LogP contribution in [0.15, 0.2) is 35.2 Å². The van der Waals surface area contributed by atoms with Gasteiger partial charge >= 0.3 is 0 Å². The molecule has 0 saturated heterocycles. The van der Waals surface area contributed by atoms with Crippen molar-refractivity contribution in [2.45, 2.75) is 18.2 Å². The summed E-state index contributed by atoms with van der Waals surface area (Å²) in [5.41, 5.74) is 0. The van der Waals surface area contributed by atoms with Crippen LogP contribution in [0.4, 0.5) is 0 Å². The summed E-state index contributed by atoms with van der Waals surface area (Å²) in [6.07, 6.45) is 0.0554. The number of Topliss-reactive ketones (excluding diaryl/α,β-unsaturated/α-hetero) is 2. The first-order valence-electron chi connectivity index (χ1n) is 4.37. The van der Waals surface area contributed by atoms with Gasteiger partial charge in [-0.15, -0.1) is 11.8 Å². The normalized spacial score (nSPS) is 9.79. The second-order valence-corrected chi connectivity index (χ2v) is 4.07. The average Bonchev–Trinajstić information content (AvgIpc) is 2.15. The fourth-order valence-corrected chi connectivity index (χ4v) is 1.79. The third kappa shape index (κ3) is 4.23. The molecule has 0 aliphatic carbocycles. The standard InChI is InChI=1S/C11H12O2S/c1-9(12)7-10(13)8-14-11-5-3-2-4-6-11/h2-6H,7-8H2,1H3. The highest BCUT2D eigenvalue weighted by Gasteiger charge is 2.05. The van der Waals surface area contributed by atoms with Crippen molar-refractivity contribution in [1.29, 1.82) is 0 Å². The van der Waals surface area contributed by atoms with Gasteiger partial charge in [0.2, 0.25) is 0 Å². The van der Waals surface area contributed by atoms with Crippen molar-refractivity contribution < 1.29 is 9.59 Å². The Labute approximate surface area is 87.7 Å². The largest absolute Gasteiger partial charge is 0.300 e. The van der Waals surface area contributed by atoms with Crippen LogP contribution in [0.5, 0.6) is 0 Å². The van der Waals surface area contributed by atoms with Gasteiger partial charge in [-0.2, -0.15) is 0 Å². The fraction of sp³-hybridized carbons (Fsp3) is 0.273. The SMILES string of the molecule is CC(=O)CC(=O)CSc1ccccc1. The molecular weight excluding hydrogens is 196 g/mol. The van der Waals surface area contributed by atoms with Crippen LogP contribution in [0, 0.1) is 0 Å². The molecule has 1 rings (SSSR count). The van der Waals surface area contributed by atoms with E-state index in [-0.39, 0.29) is 18.0 Å². The van der Waals surface area contributed by atoms with E-state index in [9.17, 15) is 9.59 Å². The predicted octanol–water partition coefficient (Wildman–Crippen LogP) is 2.33. The summed E-state index contributed by atoms with van der Waals surface area (Å²) in [5.74, 6) is 0.305. The molecule has 14 heavy (non-hydrogen) atoms. The molecule has 0 N–H and O–H groups in total. The van der Waals surface area contributed by atoms with E-state index >= 15 is 0 Å². The van der Waals surface area contributed by atoms with Crippen molar-refractivity contribution in [3.8, 4) is 0 Å². The number of thioether (sulfide) groups is 1. The first-order valence-corrected chi connectivity index (χ1v) is 5.36. The van der Waals surface area contributed by atoms with Gasteiger partial charge in [-0.05, 0) is 19.1 Å². The second-order valence-electron chi connectivity index (χ2n) is 3.02. The lowest BCUT2D eigenvalue weighted by atomic mass is 10.2. The van der Waals surface area contributed by atoms with Crippen LogP contribution in [0.1, 0.15) is 13.3 Å². The molecule has 0 spiro atoms. The Morgan fingerprint density at radius 3 is 2.43 bits per heavy atom. The quantitative estimate of drug-likeness (QED) is 0.550. The van der Waals surface area contributed by atoms with Gasteiger partial charge in [-0.3, -0.25) is 9.59 Å². The van der Waals surface area contributed by atoms with Crippen LogP contribution < -0.4 is 0 Å². The van der Waals surface area contributed by atoms with Gasteiger partial charge in [0.1, 0.15) is 11.6 Å². The van der Waals surface area contributed by atoms with Crippen LogP contribution in [0.2, 0.25) is 0 Å². The molecule has 3 heteroatoms. The maximum absolute atomic E-state index is 11.2. The maximum Gasteiger partial charge on any atom is 0.150 e. The number of ketones is 2. The molecular formula is C11H12O2S. The van der Waals surface area contributed by atoms with Gasteiger partial charge in [-0.1, -0.05) is 18.2 Å². The van der Waals surface area contributed by atoms with Crippen LogP contribution in [0.25, 0.3) is 0 Å². The van der Waals surface area contributed by atoms with E-state index in [0.717, 1.165) is 4.90 Å². The van der Waals surface area contributed by atoms with Gasteiger partial charge in [0.15, 0.2) is 0 Å². The molecule has 0 unspecified atom stereocenters. The maximum atomic E-state index is 11.2. The molecule has 0 atom stereocenters. The summed E-state index contributed by atoms with van der Waals surface area (Å²) < 4.78 is 0. The van der Waals surface area contributed by atoms with Gasteiger partial charge in [0, 0.05) is 4.90 Å². The van der Waals surface area contributed by atoms with Crippen LogP contribution >= 0.6 is 11.8 Å². The fourth-order valence-electron chi connectivity index (χ4n) is 1.01. The summed E-state index contributed by atoms with van der Waals surface area (Å²) in [6.45, 7) is 1.44. The van der Waals surface area contributed by atoms with Gasteiger partial charge in [0.25, 0.3) is 0 Å². The minimum atomic E-state index is -0.0661. The number of carbonyl (C=O) groups is 2. The first kappa shape index (κ1) is 11.0. The van der Waals surface area contributed by atoms with Crippen molar-refractivity contribution in [3.05, 3.63) is 30.3 Å². The summed E-state index contributed by atoms with van der Waals surface area (Å²) in [7, 11) is 0. The Kier molecular flexibility index (Phi) is 4.40. The number of hydrogen-bond donors (Lipinski definition) is 0. The highest BCUT2D eigenvalue weighted by Crippen LogP contribution is 2.17. The van der Waals surface area contributed by atoms with Crippen molar-refractivity contribution in [2.75, 3.05) is 5.75 Å². The molecule has 0 radical (unpaired) electrons. The van der Waals surface area contributed by atoms with E-state index in [0.29, 0.717) is 5.75 Å². The van der Waals surface area contributed by atoms with E-state index < -0.39 is 0 Å². The van der Waals surface area contributed by atoms with E-state index in [4.69, 9.17) is 0 Å². The Morgan fingerprint density at radius 2 is 1.86 bits per heavy atom. The highest BCUT2D eigenvalue weighted by atomic mass is 32.2. The number of benzene rings is 1. The molecule has 0 heterocycles. The van der Waals surface area contributed by atoms with Crippen molar-refractivity contribution in [1.82, 2.24) is 0 Å². The Bertz CT molecular complexity index is 319. The Morgan fingerprint density at radius 1 is 1.21 bits per heavy atom. The van der Waals surface area contributed by atoms with Crippen LogP contribution in [0.3, 0.4) is 0 Å². The van der Waals surface area contributed by atoms with E-state index in [1.807, 2.05) is 30.3 Å². The number of carbonyl (C=O) groups excluding carboxylic acids is 2. The topological polar surface area (TPSA) is 34.1 Å². The zero-order valence-electron chi connectivity index (χ0n) is 8.03. The van der Waals surface area contributed by atoms with Crippen LogP contribution in [-0.2, 0) is 9.59 Å². The lowest BCUT2D eigenvalue weighted by Crippen LogP contribution is -2.06. The first-order chi connectivity index (χ1) is 6.68.